The van der Waals surface area contributed by atoms with Gasteiger partial charge in [0.2, 0.25) is 5.91 Å². The maximum atomic E-state index is 12.4. The lowest BCUT2D eigenvalue weighted by atomic mass is 9.97. The Labute approximate surface area is 117 Å². The first-order valence-corrected chi connectivity index (χ1v) is 7.98. The van der Waals surface area contributed by atoms with E-state index >= 15 is 0 Å². The summed E-state index contributed by atoms with van der Waals surface area (Å²) in [5, 5.41) is 3.23. The van der Waals surface area contributed by atoms with Gasteiger partial charge in [-0.25, -0.2) is 0 Å². The van der Waals surface area contributed by atoms with Crippen LogP contribution in [0.5, 0.6) is 0 Å². The fraction of sp³-hybridized carbons (Fsp3) is 0.933. The van der Waals surface area contributed by atoms with Gasteiger partial charge < -0.3 is 11.1 Å². The monoisotopic (exact) mass is 267 g/mol. The molecule has 0 aromatic rings. The standard InChI is InChI=1S/C15H29N3O/c1-12(15(19)17-13-6-2-3-7-13)18-11-5-4-8-14(18)9-10-16/h12-14H,2-11,16H2,1H3,(H,17,19). The third-order valence-electron chi connectivity index (χ3n) is 4.75. The average Bonchev–Trinajstić information content (AvgIpc) is 2.92. The third-order valence-corrected chi connectivity index (χ3v) is 4.75. The lowest BCUT2D eigenvalue weighted by molar-refractivity contribution is -0.128. The van der Waals surface area contributed by atoms with Gasteiger partial charge in [0.05, 0.1) is 6.04 Å². The Bertz CT molecular complexity index is 287. The first-order chi connectivity index (χ1) is 9.22. The molecule has 0 radical (unpaired) electrons. The minimum atomic E-state index is -0.00236. The van der Waals surface area contributed by atoms with Crippen LogP contribution in [0.15, 0.2) is 0 Å². The Morgan fingerprint density at radius 1 is 1.26 bits per heavy atom. The molecule has 19 heavy (non-hydrogen) atoms. The minimum Gasteiger partial charge on any atom is -0.352 e. The van der Waals surface area contributed by atoms with Crippen molar-refractivity contribution >= 4 is 5.91 Å². The van der Waals surface area contributed by atoms with Gasteiger partial charge >= 0.3 is 0 Å². The van der Waals surface area contributed by atoms with Crippen molar-refractivity contribution in [3.8, 4) is 0 Å². The number of piperidine rings is 1. The largest absolute Gasteiger partial charge is 0.352 e. The summed E-state index contributed by atoms with van der Waals surface area (Å²) in [7, 11) is 0. The second kappa shape index (κ2) is 7.25. The highest BCUT2D eigenvalue weighted by Gasteiger charge is 2.30. The summed E-state index contributed by atoms with van der Waals surface area (Å²) >= 11 is 0. The fourth-order valence-corrected chi connectivity index (χ4v) is 3.58. The molecule has 1 amide bonds. The molecule has 2 atom stereocenters. The molecule has 2 unspecified atom stereocenters. The molecule has 0 bridgehead atoms. The van der Waals surface area contributed by atoms with Gasteiger partial charge in [-0.1, -0.05) is 19.3 Å². The number of hydrogen-bond acceptors (Lipinski definition) is 3. The number of likely N-dealkylation sites (tertiary alicyclic amines) is 1. The van der Waals surface area contributed by atoms with Gasteiger partial charge in [0.15, 0.2) is 0 Å². The van der Waals surface area contributed by atoms with E-state index in [9.17, 15) is 4.79 Å². The molecule has 1 saturated carbocycles. The third kappa shape index (κ3) is 3.93. The Hall–Kier alpha value is -0.610. The van der Waals surface area contributed by atoms with Crippen LogP contribution in [-0.4, -0.2) is 42.0 Å². The van der Waals surface area contributed by atoms with Crippen LogP contribution in [0.1, 0.15) is 58.3 Å². The molecular formula is C15H29N3O. The van der Waals surface area contributed by atoms with Crippen molar-refractivity contribution in [2.45, 2.75) is 76.4 Å². The second-order valence-electron chi connectivity index (χ2n) is 6.13. The molecule has 4 nitrogen and oxygen atoms in total. The van der Waals surface area contributed by atoms with Gasteiger partial charge in [0.1, 0.15) is 0 Å². The van der Waals surface area contributed by atoms with Crippen LogP contribution in [0.4, 0.5) is 0 Å². The number of carbonyl (C=O) groups is 1. The summed E-state index contributed by atoms with van der Waals surface area (Å²) < 4.78 is 0. The van der Waals surface area contributed by atoms with Crippen LogP contribution in [0.2, 0.25) is 0 Å². The zero-order chi connectivity index (χ0) is 13.7. The topological polar surface area (TPSA) is 58.4 Å². The Kier molecular flexibility index (Phi) is 5.64. The van der Waals surface area contributed by atoms with Crippen LogP contribution in [0, 0.1) is 0 Å². The lowest BCUT2D eigenvalue weighted by Gasteiger charge is -2.39. The van der Waals surface area contributed by atoms with Crippen molar-refractivity contribution < 1.29 is 4.79 Å². The zero-order valence-corrected chi connectivity index (χ0v) is 12.2. The Morgan fingerprint density at radius 3 is 2.63 bits per heavy atom. The first-order valence-electron chi connectivity index (χ1n) is 7.98. The van der Waals surface area contributed by atoms with Gasteiger partial charge in [-0.3, -0.25) is 9.69 Å². The van der Waals surface area contributed by atoms with Crippen LogP contribution < -0.4 is 11.1 Å². The van der Waals surface area contributed by atoms with Gasteiger partial charge in [-0.2, -0.15) is 0 Å². The summed E-state index contributed by atoms with van der Waals surface area (Å²) in [6.45, 7) is 3.82. The molecule has 0 aromatic carbocycles. The molecule has 1 saturated heterocycles. The van der Waals surface area contributed by atoms with Gasteiger partial charge in [-0.15, -0.1) is 0 Å². The molecule has 110 valence electrons. The van der Waals surface area contributed by atoms with Crippen LogP contribution in [-0.2, 0) is 4.79 Å². The molecule has 2 rings (SSSR count). The molecule has 1 aliphatic heterocycles. The predicted octanol–water partition coefficient (Wildman–Crippen LogP) is 1.64. The highest BCUT2D eigenvalue weighted by molar-refractivity contribution is 5.81. The maximum absolute atomic E-state index is 12.4. The molecule has 0 aromatic heterocycles. The number of nitrogens with two attached hydrogens (primary N) is 1. The number of carbonyl (C=O) groups excluding carboxylic acids is 1. The van der Waals surface area contributed by atoms with Gasteiger partial charge in [-0.05, 0) is 52.1 Å². The maximum Gasteiger partial charge on any atom is 0.237 e. The van der Waals surface area contributed by atoms with E-state index in [2.05, 4.69) is 17.1 Å². The number of nitrogens with one attached hydrogen (secondary N) is 1. The summed E-state index contributed by atoms with van der Waals surface area (Å²) in [6, 6.07) is 0.924. The van der Waals surface area contributed by atoms with E-state index in [0.29, 0.717) is 12.1 Å². The highest BCUT2D eigenvalue weighted by Crippen LogP contribution is 2.23. The van der Waals surface area contributed by atoms with E-state index < -0.39 is 0 Å². The SMILES string of the molecule is CC(C(=O)NC1CCCC1)N1CCCCC1CCN. The van der Waals surface area contributed by atoms with E-state index in [1.165, 1.54) is 32.1 Å². The van der Waals surface area contributed by atoms with Crippen LogP contribution in [0.25, 0.3) is 0 Å². The quantitative estimate of drug-likeness (QED) is 0.796. The van der Waals surface area contributed by atoms with Crippen molar-refractivity contribution in [3.05, 3.63) is 0 Å². The highest BCUT2D eigenvalue weighted by atomic mass is 16.2. The van der Waals surface area contributed by atoms with Crippen LogP contribution in [0.3, 0.4) is 0 Å². The minimum absolute atomic E-state index is 0.00236. The number of hydrogen-bond donors (Lipinski definition) is 2. The van der Waals surface area contributed by atoms with Crippen molar-refractivity contribution in [3.63, 3.8) is 0 Å². The lowest BCUT2D eigenvalue weighted by Crippen LogP contribution is -2.53. The number of nitrogens with zero attached hydrogens (tertiary/aromatic N) is 1. The van der Waals surface area contributed by atoms with Gasteiger partial charge in [0.25, 0.3) is 0 Å². The normalized spacial score (nSPS) is 27.4. The summed E-state index contributed by atoms with van der Waals surface area (Å²) in [4.78, 5) is 14.7. The van der Waals surface area contributed by atoms with E-state index in [1.54, 1.807) is 0 Å². The molecule has 1 heterocycles. The number of amides is 1. The predicted molar refractivity (Wildman–Crippen MR) is 77.9 cm³/mol. The number of rotatable bonds is 5. The van der Waals surface area contributed by atoms with Gasteiger partial charge in [0, 0.05) is 12.1 Å². The molecule has 2 aliphatic rings. The van der Waals surface area contributed by atoms with E-state index in [4.69, 9.17) is 5.73 Å². The Morgan fingerprint density at radius 2 is 1.95 bits per heavy atom. The van der Waals surface area contributed by atoms with Crippen molar-refractivity contribution in [2.24, 2.45) is 5.73 Å². The molecule has 1 aliphatic carbocycles. The zero-order valence-electron chi connectivity index (χ0n) is 12.2. The smallest absolute Gasteiger partial charge is 0.237 e. The molecule has 0 spiro atoms. The summed E-state index contributed by atoms with van der Waals surface area (Å²) in [6.07, 6.45) is 9.53. The fourth-order valence-electron chi connectivity index (χ4n) is 3.58. The van der Waals surface area contributed by atoms with E-state index in [1.807, 2.05) is 0 Å². The van der Waals surface area contributed by atoms with E-state index in [-0.39, 0.29) is 11.9 Å². The van der Waals surface area contributed by atoms with Crippen molar-refractivity contribution in [1.29, 1.82) is 0 Å². The molecule has 3 N–H and O–H groups in total. The summed E-state index contributed by atoms with van der Waals surface area (Å²) in [5.41, 5.74) is 5.70. The second-order valence-corrected chi connectivity index (χ2v) is 6.13. The van der Waals surface area contributed by atoms with Crippen molar-refractivity contribution in [2.75, 3.05) is 13.1 Å². The molecular weight excluding hydrogens is 238 g/mol. The average molecular weight is 267 g/mol. The summed E-state index contributed by atoms with van der Waals surface area (Å²) in [5.74, 6) is 0.218. The van der Waals surface area contributed by atoms with Crippen LogP contribution >= 0.6 is 0 Å². The van der Waals surface area contributed by atoms with Crippen molar-refractivity contribution in [1.82, 2.24) is 10.2 Å². The molecule has 4 heteroatoms. The first kappa shape index (κ1) is 14.8. The molecule has 2 fully saturated rings. The Balaban J connectivity index is 1.87. The van der Waals surface area contributed by atoms with E-state index in [0.717, 1.165) is 32.4 Å².